The third-order valence-electron chi connectivity index (χ3n) is 0.764. The Morgan fingerprint density at radius 3 is 2.08 bits per heavy atom. The van der Waals surface area contributed by atoms with Crippen molar-refractivity contribution in [1.29, 1.82) is 0 Å². The number of rotatable bonds is 0. The Bertz CT molecular complexity index is 179. The Morgan fingerprint density at radius 1 is 1.33 bits per heavy atom. The fraction of sp³-hybridized carbons (Fsp3) is 0. The molecular formula is C6H3Cl3FLiMg. The van der Waals surface area contributed by atoms with E-state index < -0.39 is 5.82 Å². The molecule has 1 rings (SSSR count). The summed E-state index contributed by atoms with van der Waals surface area (Å²) in [5, 5.41) is 0.142. The third kappa shape index (κ3) is 8.00. The molecule has 0 aliphatic carbocycles. The molecule has 1 aromatic carbocycles. The summed E-state index contributed by atoms with van der Waals surface area (Å²) < 4.78 is 12.2. The first-order valence-corrected chi connectivity index (χ1v) is 2.49. The molecule has 0 amide bonds. The van der Waals surface area contributed by atoms with E-state index in [9.17, 15) is 4.39 Å². The SMILES string of the molecule is Fc1c[c-]ccc1Cl.[Cl-].[Cl-].[Li+].[Mg+2]. The summed E-state index contributed by atoms with van der Waals surface area (Å²) in [6.45, 7) is 0. The molecule has 0 saturated carbocycles. The smallest absolute Gasteiger partial charge is 1.00 e. The monoisotopic (exact) mass is 230 g/mol. The second kappa shape index (κ2) is 12.4. The quantitative estimate of drug-likeness (QED) is 0.308. The van der Waals surface area contributed by atoms with Gasteiger partial charge in [-0.3, -0.25) is 4.39 Å². The molecule has 0 nitrogen and oxygen atoms in total. The molecule has 58 valence electrons. The van der Waals surface area contributed by atoms with Crippen LogP contribution in [-0.4, -0.2) is 23.1 Å². The average Bonchev–Trinajstić information content (AvgIpc) is 1.77. The molecule has 0 unspecified atom stereocenters. The first-order chi connectivity index (χ1) is 3.80. The molecule has 0 saturated heterocycles. The van der Waals surface area contributed by atoms with Gasteiger partial charge >= 0.3 is 41.9 Å². The van der Waals surface area contributed by atoms with E-state index in [4.69, 9.17) is 11.6 Å². The Kier molecular flexibility index (Phi) is 24.1. The minimum Gasteiger partial charge on any atom is -1.00 e. The van der Waals surface area contributed by atoms with Crippen LogP contribution < -0.4 is 43.7 Å². The van der Waals surface area contributed by atoms with E-state index in [1.807, 2.05) is 0 Å². The molecule has 0 aromatic heterocycles. The molecule has 0 aliphatic heterocycles. The van der Waals surface area contributed by atoms with E-state index in [-0.39, 0.29) is 71.8 Å². The average molecular weight is 232 g/mol. The van der Waals surface area contributed by atoms with Gasteiger partial charge in [0.1, 0.15) is 0 Å². The Balaban J connectivity index is -0.0000000800. The fourth-order valence-electron chi connectivity index (χ4n) is 0.391. The summed E-state index contributed by atoms with van der Waals surface area (Å²) in [7, 11) is 0. The first-order valence-electron chi connectivity index (χ1n) is 2.12. The van der Waals surface area contributed by atoms with Crippen LogP contribution in [0.25, 0.3) is 0 Å². The van der Waals surface area contributed by atoms with E-state index in [0.717, 1.165) is 0 Å². The van der Waals surface area contributed by atoms with Gasteiger partial charge in [0.05, 0.1) is 0 Å². The van der Waals surface area contributed by atoms with Crippen LogP contribution in [0, 0.1) is 11.9 Å². The Morgan fingerprint density at radius 2 is 1.83 bits per heavy atom. The number of halogens is 4. The van der Waals surface area contributed by atoms with Crippen molar-refractivity contribution in [3.05, 3.63) is 35.1 Å². The van der Waals surface area contributed by atoms with Crippen LogP contribution in [0.5, 0.6) is 0 Å². The predicted octanol–water partition coefficient (Wildman–Crippen LogP) is -7.09. The van der Waals surface area contributed by atoms with E-state index in [1.165, 1.54) is 12.1 Å². The third-order valence-corrected chi connectivity index (χ3v) is 1.07. The minimum absolute atomic E-state index is 0. The zero-order valence-electron chi connectivity index (χ0n) is 6.45. The van der Waals surface area contributed by atoms with Gasteiger partial charge in [-0.15, -0.1) is 23.7 Å². The molecule has 0 spiro atoms. The molecule has 12 heavy (non-hydrogen) atoms. The zero-order valence-corrected chi connectivity index (χ0v) is 10.1. The Hall–Kier alpha value is 1.38. The van der Waals surface area contributed by atoms with Crippen LogP contribution in [0.15, 0.2) is 18.2 Å². The molecule has 0 radical (unpaired) electrons. The normalized spacial score (nSPS) is 6.17. The maximum absolute atomic E-state index is 12.2. The van der Waals surface area contributed by atoms with Gasteiger partial charge in [0, 0.05) is 5.82 Å². The molecular weight excluding hydrogens is 229 g/mol. The van der Waals surface area contributed by atoms with Gasteiger partial charge in [0.25, 0.3) is 0 Å². The van der Waals surface area contributed by atoms with Crippen LogP contribution in [0.3, 0.4) is 0 Å². The van der Waals surface area contributed by atoms with E-state index >= 15 is 0 Å². The van der Waals surface area contributed by atoms with Gasteiger partial charge in [-0.05, 0) is 5.02 Å². The van der Waals surface area contributed by atoms with Gasteiger partial charge in [-0.1, -0.05) is 0 Å². The van der Waals surface area contributed by atoms with Crippen molar-refractivity contribution in [3.8, 4) is 0 Å². The summed E-state index contributed by atoms with van der Waals surface area (Å²) in [6.07, 6.45) is 0. The van der Waals surface area contributed by atoms with Gasteiger partial charge in [-0.2, -0.15) is 12.1 Å². The van der Waals surface area contributed by atoms with Gasteiger partial charge in [0.15, 0.2) is 0 Å². The van der Waals surface area contributed by atoms with Crippen molar-refractivity contribution in [3.63, 3.8) is 0 Å². The van der Waals surface area contributed by atoms with Gasteiger partial charge in [0.2, 0.25) is 0 Å². The molecule has 1 aromatic rings. The van der Waals surface area contributed by atoms with Crippen molar-refractivity contribution in [2.75, 3.05) is 0 Å². The topological polar surface area (TPSA) is 0 Å². The Labute approximate surface area is 117 Å². The number of hydrogen-bond donors (Lipinski definition) is 0. The predicted molar refractivity (Wildman–Crippen MR) is 36.0 cm³/mol. The van der Waals surface area contributed by atoms with Crippen molar-refractivity contribution < 1.29 is 48.1 Å². The largest absolute Gasteiger partial charge is 2.00 e. The van der Waals surface area contributed by atoms with Crippen LogP contribution in [0.4, 0.5) is 4.39 Å². The van der Waals surface area contributed by atoms with E-state index in [1.54, 1.807) is 6.07 Å². The molecule has 0 bridgehead atoms. The summed E-state index contributed by atoms with van der Waals surface area (Å²) in [5.74, 6) is -0.422. The molecule has 0 fully saturated rings. The summed E-state index contributed by atoms with van der Waals surface area (Å²) in [6, 6.07) is 6.75. The van der Waals surface area contributed by atoms with Gasteiger partial charge in [-0.25, -0.2) is 0 Å². The van der Waals surface area contributed by atoms with Crippen LogP contribution in [0.1, 0.15) is 0 Å². The molecule has 0 atom stereocenters. The van der Waals surface area contributed by atoms with Crippen LogP contribution in [0.2, 0.25) is 5.02 Å². The first kappa shape index (κ1) is 23.3. The maximum atomic E-state index is 12.2. The number of hydrogen-bond acceptors (Lipinski definition) is 0. The maximum Gasteiger partial charge on any atom is 2.00 e. The van der Waals surface area contributed by atoms with E-state index in [2.05, 4.69) is 6.07 Å². The number of benzene rings is 1. The van der Waals surface area contributed by atoms with Crippen molar-refractivity contribution in [2.24, 2.45) is 0 Å². The van der Waals surface area contributed by atoms with Crippen molar-refractivity contribution in [2.45, 2.75) is 0 Å². The second-order valence-electron chi connectivity index (χ2n) is 1.34. The second-order valence-corrected chi connectivity index (χ2v) is 1.75. The molecule has 0 N–H and O–H groups in total. The molecule has 6 heteroatoms. The summed E-state index contributed by atoms with van der Waals surface area (Å²) in [5.41, 5.74) is 0. The zero-order chi connectivity index (χ0) is 5.98. The van der Waals surface area contributed by atoms with Gasteiger partial charge < -0.3 is 24.8 Å². The fourth-order valence-corrected chi connectivity index (χ4v) is 0.509. The summed E-state index contributed by atoms with van der Waals surface area (Å²) >= 11 is 5.31. The van der Waals surface area contributed by atoms with Crippen molar-refractivity contribution in [1.82, 2.24) is 0 Å². The standard InChI is InChI=1S/C6H3ClF.2ClH.Li.Mg/c7-5-3-1-2-4-6(5)8;;;;/h1,3-4H;2*1H;;/q-1;;;+1;+2/p-2. The summed E-state index contributed by atoms with van der Waals surface area (Å²) in [4.78, 5) is 0. The van der Waals surface area contributed by atoms with Crippen LogP contribution in [-0.2, 0) is 0 Å². The molecule has 0 aliphatic rings. The van der Waals surface area contributed by atoms with Crippen molar-refractivity contribution >= 4 is 34.7 Å². The minimum atomic E-state index is -0.422. The van der Waals surface area contributed by atoms with E-state index in [0.29, 0.717) is 0 Å². The molecule has 0 heterocycles. The van der Waals surface area contributed by atoms with Crippen LogP contribution >= 0.6 is 11.6 Å².